The van der Waals surface area contributed by atoms with Gasteiger partial charge in [0.15, 0.2) is 0 Å². The molecule has 0 aromatic heterocycles. The van der Waals surface area contributed by atoms with Crippen LogP contribution in [-0.4, -0.2) is 36.5 Å². The van der Waals surface area contributed by atoms with Crippen LogP contribution in [0.15, 0.2) is 27.1 Å². The molecule has 0 spiro atoms. The molecule has 17 heavy (non-hydrogen) atoms. The van der Waals surface area contributed by atoms with Crippen molar-refractivity contribution < 1.29 is 4.79 Å². The molecule has 1 fully saturated rings. The number of hydrogen-bond donors (Lipinski definition) is 1. The Balaban J connectivity index is 2.22. The number of nitrogens with zero attached hydrogens (tertiary/aromatic N) is 1. The van der Waals surface area contributed by atoms with Crippen molar-refractivity contribution in [2.24, 2.45) is 0 Å². The zero-order valence-electron chi connectivity index (χ0n) is 9.54. The van der Waals surface area contributed by atoms with E-state index in [1.165, 1.54) is 0 Å². The van der Waals surface area contributed by atoms with Gasteiger partial charge in [0, 0.05) is 34.1 Å². The van der Waals surface area contributed by atoms with Gasteiger partial charge in [-0.2, -0.15) is 0 Å². The molecule has 0 aliphatic carbocycles. The molecule has 1 aromatic rings. The van der Waals surface area contributed by atoms with Gasteiger partial charge in [0.25, 0.3) is 5.91 Å². The number of amides is 1. The molecule has 0 atom stereocenters. The van der Waals surface area contributed by atoms with Gasteiger partial charge in [-0.15, -0.1) is 0 Å². The zero-order valence-corrected chi connectivity index (χ0v) is 12.7. The van der Waals surface area contributed by atoms with Crippen molar-refractivity contribution in [2.75, 3.05) is 19.6 Å². The first kappa shape index (κ1) is 13.1. The predicted molar refractivity (Wildman–Crippen MR) is 75.2 cm³/mol. The summed E-state index contributed by atoms with van der Waals surface area (Å²) in [7, 11) is 0. The van der Waals surface area contributed by atoms with E-state index in [2.05, 4.69) is 37.2 Å². The van der Waals surface area contributed by atoms with E-state index >= 15 is 0 Å². The highest BCUT2D eigenvalue weighted by Crippen LogP contribution is 2.22. The summed E-state index contributed by atoms with van der Waals surface area (Å²) in [5.41, 5.74) is 0.722. The molecule has 5 heteroatoms. The Labute approximate surface area is 118 Å². The van der Waals surface area contributed by atoms with Gasteiger partial charge in [-0.25, -0.2) is 0 Å². The quantitative estimate of drug-likeness (QED) is 0.897. The van der Waals surface area contributed by atoms with E-state index in [0.29, 0.717) is 6.04 Å². The summed E-state index contributed by atoms with van der Waals surface area (Å²) in [5.74, 6) is 0.0981. The number of benzene rings is 1. The van der Waals surface area contributed by atoms with Crippen LogP contribution < -0.4 is 5.32 Å². The van der Waals surface area contributed by atoms with Gasteiger partial charge in [0.05, 0.1) is 6.04 Å². The molecule has 0 bridgehead atoms. The van der Waals surface area contributed by atoms with E-state index in [0.717, 1.165) is 34.1 Å². The molecule has 0 radical (unpaired) electrons. The lowest BCUT2D eigenvalue weighted by Crippen LogP contribution is -2.58. The van der Waals surface area contributed by atoms with Crippen molar-refractivity contribution in [2.45, 2.75) is 13.0 Å². The maximum Gasteiger partial charge on any atom is 0.254 e. The third-order valence-corrected chi connectivity index (χ3v) is 3.83. The summed E-state index contributed by atoms with van der Waals surface area (Å²) in [6.45, 7) is 4.56. The Morgan fingerprint density at radius 3 is 2.35 bits per heavy atom. The Morgan fingerprint density at radius 2 is 1.94 bits per heavy atom. The summed E-state index contributed by atoms with van der Waals surface area (Å²) in [6, 6.07) is 5.99. The van der Waals surface area contributed by atoms with Gasteiger partial charge in [0.2, 0.25) is 0 Å². The third-order valence-electron chi connectivity index (χ3n) is 2.91. The number of carbonyl (C=O) groups is 1. The van der Waals surface area contributed by atoms with Crippen LogP contribution in [0.5, 0.6) is 0 Å². The van der Waals surface area contributed by atoms with Crippen LogP contribution >= 0.6 is 31.9 Å². The molecule has 0 unspecified atom stereocenters. The van der Waals surface area contributed by atoms with Crippen LogP contribution in [0.4, 0.5) is 0 Å². The highest BCUT2D eigenvalue weighted by molar-refractivity contribution is 9.11. The Bertz CT molecular complexity index is 412. The van der Waals surface area contributed by atoms with Crippen LogP contribution in [0.3, 0.4) is 0 Å². The Hall–Kier alpha value is -0.390. The van der Waals surface area contributed by atoms with Crippen LogP contribution in [0.25, 0.3) is 0 Å². The number of hydrogen-bond acceptors (Lipinski definition) is 2. The highest BCUT2D eigenvalue weighted by atomic mass is 79.9. The van der Waals surface area contributed by atoms with Gasteiger partial charge in [-0.3, -0.25) is 4.79 Å². The smallest absolute Gasteiger partial charge is 0.254 e. The van der Waals surface area contributed by atoms with Crippen LogP contribution in [0, 0.1) is 0 Å². The number of likely N-dealkylation sites (N-methyl/N-ethyl adjacent to an activating group) is 1. The van der Waals surface area contributed by atoms with Crippen LogP contribution in [0.2, 0.25) is 0 Å². The molecule has 0 saturated carbocycles. The molecule has 1 N–H and O–H groups in total. The molecule has 1 aromatic carbocycles. The fourth-order valence-corrected chi connectivity index (χ4v) is 3.20. The van der Waals surface area contributed by atoms with E-state index in [1.807, 2.05) is 30.0 Å². The second-order valence-corrected chi connectivity index (χ2v) is 5.89. The van der Waals surface area contributed by atoms with E-state index in [9.17, 15) is 4.79 Å². The van der Waals surface area contributed by atoms with Gasteiger partial charge < -0.3 is 10.2 Å². The third kappa shape index (κ3) is 2.89. The summed E-state index contributed by atoms with van der Waals surface area (Å²) < 4.78 is 1.83. The van der Waals surface area contributed by atoms with E-state index < -0.39 is 0 Å². The van der Waals surface area contributed by atoms with Crippen molar-refractivity contribution >= 4 is 37.8 Å². The molecule has 1 aliphatic heterocycles. The summed E-state index contributed by atoms with van der Waals surface area (Å²) in [4.78, 5) is 14.3. The number of carbonyl (C=O) groups excluding carboxylic acids is 1. The maximum atomic E-state index is 12.4. The molecule has 1 aliphatic rings. The summed E-state index contributed by atoms with van der Waals surface area (Å²) >= 11 is 6.81. The van der Waals surface area contributed by atoms with E-state index in [1.54, 1.807) is 0 Å². The molecular weight excluding hydrogens is 348 g/mol. The minimum atomic E-state index is 0.0981. The fraction of sp³-hybridized carbons (Fsp3) is 0.417. The Morgan fingerprint density at radius 1 is 1.35 bits per heavy atom. The molecule has 92 valence electrons. The monoisotopic (exact) mass is 360 g/mol. The van der Waals surface area contributed by atoms with Crippen LogP contribution in [-0.2, 0) is 0 Å². The number of halogens is 2. The average molecular weight is 362 g/mol. The molecule has 2 rings (SSSR count). The maximum absolute atomic E-state index is 12.4. The van der Waals surface area contributed by atoms with Crippen molar-refractivity contribution in [1.29, 1.82) is 0 Å². The fourth-order valence-electron chi connectivity index (χ4n) is 1.90. The second kappa shape index (κ2) is 5.50. The normalized spacial score (nSPS) is 15.5. The van der Waals surface area contributed by atoms with Crippen molar-refractivity contribution in [3.8, 4) is 0 Å². The largest absolute Gasteiger partial charge is 0.333 e. The lowest BCUT2D eigenvalue weighted by Gasteiger charge is -2.37. The molecule has 1 saturated heterocycles. The SMILES string of the molecule is CCN(C(=O)c1cc(Br)cc(Br)c1)C1CNC1. The lowest BCUT2D eigenvalue weighted by molar-refractivity contribution is 0.0630. The van der Waals surface area contributed by atoms with Crippen molar-refractivity contribution in [3.05, 3.63) is 32.7 Å². The molecule has 1 heterocycles. The minimum absolute atomic E-state index is 0.0981. The number of rotatable bonds is 3. The van der Waals surface area contributed by atoms with Crippen molar-refractivity contribution in [1.82, 2.24) is 10.2 Å². The topological polar surface area (TPSA) is 32.3 Å². The standard InChI is InChI=1S/C12H14Br2N2O/c1-2-16(11-6-15-7-11)12(17)8-3-9(13)5-10(14)4-8/h3-5,11,15H,2,6-7H2,1H3. The Kier molecular flexibility index (Phi) is 4.22. The van der Waals surface area contributed by atoms with Gasteiger partial charge in [0.1, 0.15) is 0 Å². The average Bonchev–Trinajstić information content (AvgIpc) is 2.20. The molecule has 3 nitrogen and oxygen atoms in total. The van der Waals surface area contributed by atoms with Gasteiger partial charge >= 0.3 is 0 Å². The zero-order chi connectivity index (χ0) is 12.4. The van der Waals surface area contributed by atoms with Crippen molar-refractivity contribution in [3.63, 3.8) is 0 Å². The van der Waals surface area contributed by atoms with E-state index in [-0.39, 0.29) is 5.91 Å². The van der Waals surface area contributed by atoms with Gasteiger partial charge in [-0.05, 0) is 25.1 Å². The summed E-state index contributed by atoms with van der Waals surface area (Å²) in [6.07, 6.45) is 0. The van der Waals surface area contributed by atoms with Gasteiger partial charge in [-0.1, -0.05) is 31.9 Å². The first-order chi connectivity index (χ1) is 8.11. The first-order valence-corrected chi connectivity index (χ1v) is 7.18. The number of nitrogens with one attached hydrogen (secondary N) is 1. The lowest BCUT2D eigenvalue weighted by atomic mass is 10.1. The molecule has 1 amide bonds. The first-order valence-electron chi connectivity index (χ1n) is 5.59. The minimum Gasteiger partial charge on any atom is -0.333 e. The van der Waals surface area contributed by atoms with E-state index in [4.69, 9.17) is 0 Å². The summed E-state index contributed by atoms with van der Waals surface area (Å²) in [5, 5.41) is 3.19. The second-order valence-electron chi connectivity index (χ2n) is 4.06. The highest BCUT2D eigenvalue weighted by Gasteiger charge is 2.28. The molecular formula is C12H14Br2N2O. The predicted octanol–water partition coefficient (Wildman–Crippen LogP) is 2.65. The van der Waals surface area contributed by atoms with Crippen LogP contribution in [0.1, 0.15) is 17.3 Å².